The molecule has 3 aliphatic carbocycles. The van der Waals surface area contributed by atoms with Crippen LogP contribution in [-0.4, -0.2) is 77.5 Å². The van der Waals surface area contributed by atoms with Gasteiger partial charge in [0, 0.05) is 36.8 Å². The minimum Gasteiger partial charge on any atom is -0.508 e. The Bertz CT molecular complexity index is 1590. The summed E-state index contributed by atoms with van der Waals surface area (Å²) in [6.45, 7) is 1.93. The van der Waals surface area contributed by atoms with Gasteiger partial charge >= 0.3 is 0 Å². The van der Waals surface area contributed by atoms with E-state index in [1.165, 1.54) is 4.90 Å². The Morgan fingerprint density at radius 1 is 1.07 bits per heavy atom. The van der Waals surface area contributed by atoms with Gasteiger partial charge in [-0.2, -0.15) is 0 Å². The first-order chi connectivity index (χ1) is 19.3. The highest BCUT2D eigenvalue weighted by Gasteiger charge is 2.66. The third-order valence-electron chi connectivity index (χ3n) is 8.69. The van der Waals surface area contributed by atoms with Crippen molar-refractivity contribution in [2.75, 3.05) is 33.1 Å². The Morgan fingerprint density at radius 3 is 2.24 bits per heavy atom. The van der Waals surface area contributed by atoms with E-state index in [0.717, 1.165) is 5.56 Å². The van der Waals surface area contributed by atoms with Crippen molar-refractivity contribution in [2.45, 2.75) is 31.3 Å². The number of carbonyl (C=O) groups is 3. The molecule has 0 aromatic heterocycles. The molecule has 0 heterocycles. The van der Waals surface area contributed by atoms with Gasteiger partial charge in [0.25, 0.3) is 5.91 Å². The molecule has 3 aliphatic rings. The van der Waals surface area contributed by atoms with Gasteiger partial charge in [0.05, 0.1) is 11.6 Å². The molecule has 1 fully saturated rings. The van der Waals surface area contributed by atoms with Crippen LogP contribution in [0.15, 0.2) is 52.4 Å². The number of Topliss-reactive ketones (excluding diaryl/α,β-unsaturated/α-hetero) is 2. The summed E-state index contributed by atoms with van der Waals surface area (Å²) in [4.78, 5) is 55.7. The van der Waals surface area contributed by atoms with Crippen LogP contribution >= 0.6 is 0 Å². The minimum absolute atomic E-state index is 0.00828. The number of nitrogens with two attached hydrogens (primary N) is 1. The van der Waals surface area contributed by atoms with E-state index in [-0.39, 0.29) is 29.7 Å². The first-order valence-electron chi connectivity index (χ1n) is 13.2. The molecule has 5 rings (SSSR count). The molecule has 2 aromatic carbocycles. The zero-order valence-electron chi connectivity index (χ0n) is 23.4. The van der Waals surface area contributed by atoms with Crippen LogP contribution in [-0.2, 0) is 20.8 Å². The minimum atomic E-state index is -2.56. The van der Waals surface area contributed by atoms with Gasteiger partial charge in [0.1, 0.15) is 22.8 Å². The number of amides is 1. The van der Waals surface area contributed by atoms with E-state index < -0.39 is 58.0 Å². The van der Waals surface area contributed by atoms with E-state index in [1.54, 1.807) is 14.1 Å². The van der Waals surface area contributed by atoms with Crippen LogP contribution in [0.2, 0.25) is 0 Å². The Morgan fingerprint density at radius 2 is 1.71 bits per heavy atom. The highest BCUT2D eigenvalue weighted by atomic mass is 16.3. The number of aliphatic hydroxyl groups excluding tert-OH is 2. The van der Waals surface area contributed by atoms with Crippen LogP contribution in [0.3, 0.4) is 0 Å². The molecular weight excluding hydrogens is 528 g/mol. The zero-order chi connectivity index (χ0) is 30.1. The monoisotopic (exact) mass is 560 g/mol. The number of likely N-dealkylation sites (N-methyl/N-ethyl adjacent to an activating group) is 1. The molecule has 11 nitrogen and oxygen atoms in total. The third kappa shape index (κ3) is 3.79. The smallest absolute Gasteiger partial charge is 0.255 e. The number of benzene rings is 2. The van der Waals surface area contributed by atoms with Crippen LogP contribution in [0.5, 0.6) is 5.75 Å². The number of fused-ring (bicyclic) bond motifs is 3. The maximum Gasteiger partial charge on any atom is 0.255 e. The molecule has 0 bridgehead atoms. The Kier molecular flexibility index (Phi) is 6.53. The molecule has 0 spiro atoms. The molecule has 4 atom stereocenters. The Hall–Kier alpha value is -4.51. The number of carbonyl (C=O) groups excluding carboxylic acids is 3. The number of rotatable bonds is 5. The second kappa shape index (κ2) is 9.55. The largest absolute Gasteiger partial charge is 0.508 e. The van der Waals surface area contributed by atoms with Crippen LogP contribution in [0.1, 0.15) is 23.1 Å². The van der Waals surface area contributed by atoms with Crippen molar-refractivity contribution < 1.29 is 29.7 Å². The van der Waals surface area contributed by atoms with E-state index in [4.69, 9.17) is 5.73 Å². The summed E-state index contributed by atoms with van der Waals surface area (Å²) in [5.41, 5.74) is 5.27. The summed E-state index contributed by atoms with van der Waals surface area (Å²) < 4.78 is 0. The van der Waals surface area contributed by atoms with Gasteiger partial charge in [0.15, 0.2) is 5.78 Å². The summed E-state index contributed by atoms with van der Waals surface area (Å²) in [6, 6.07) is 8.11. The number of nitrogens with zero attached hydrogens (tertiary/aromatic N) is 3. The number of aryl methyl sites for hydroxylation is 1. The average Bonchev–Trinajstić information content (AvgIpc) is 2.89. The number of hydrogen-bond donors (Lipinski definition) is 4. The maximum absolute atomic E-state index is 14.3. The zero-order valence-corrected chi connectivity index (χ0v) is 23.4. The summed E-state index contributed by atoms with van der Waals surface area (Å²) >= 11 is 0. The normalized spacial score (nSPS) is 25.6. The molecule has 2 aromatic rings. The standard InChI is InChI=1S/C30H32N4O7/c1-13-6-8-14(9-7-13)16-12-19(33(2)3)17-10-15-11-18-23(34(4)5)26(37)22(29(31)40)28(39)30(18,32-41)27(38)20(15)25(36)21(17)24(16)35/h6-9,12,15,18,23,35-36,39H,10-11H2,1-5H3,(H2,31,40)/t15-,18-,23-,30-/m0/s1. The first kappa shape index (κ1) is 28.0. The Balaban J connectivity index is 1.80. The fraction of sp³-hybridized carbons (Fsp3) is 0.367. The molecule has 214 valence electrons. The molecule has 0 saturated heterocycles. The number of aromatic hydroxyl groups is 1. The lowest BCUT2D eigenvalue weighted by Crippen LogP contribution is -2.64. The van der Waals surface area contributed by atoms with Gasteiger partial charge < -0.3 is 26.0 Å². The number of phenolic OH excluding ortho intramolecular Hbond substituents is 1. The maximum atomic E-state index is 14.3. The number of nitroso groups, excluding NO2 is 1. The highest BCUT2D eigenvalue weighted by molar-refractivity contribution is 6.25. The van der Waals surface area contributed by atoms with Gasteiger partial charge in [-0.3, -0.25) is 19.3 Å². The van der Waals surface area contributed by atoms with Gasteiger partial charge in [-0.05, 0) is 62.1 Å². The highest BCUT2D eigenvalue weighted by Crippen LogP contribution is 2.56. The molecular formula is C30H32N4O7. The Labute approximate surface area is 236 Å². The van der Waals surface area contributed by atoms with Crippen molar-refractivity contribution in [2.24, 2.45) is 22.7 Å². The number of primary amides is 1. The van der Waals surface area contributed by atoms with Crippen LogP contribution < -0.4 is 10.6 Å². The predicted molar refractivity (Wildman–Crippen MR) is 152 cm³/mol. The number of ketones is 2. The van der Waals surface area contributed by atoms with Crippen molar-refractivity contribution >= 4 is 28.9 Å². The molecule has 0 aliphatic heterocycles. The lowest BCUT2D eigenvalue weighted by molar-refractivity contribution is -0.134. The van der Waals surface area contributed by atoms with Crippen molar-refractivity contribution in [3.05, 3.63) is 68.8 Å². The fourth-order valence-electron chi connectivity index (χ4n) is 6.80. The van der Waals surface area contributed by atoms with Gasteiger partial charge in [-0.15, -0.1) is 4.91 Å². The van der Waals surface area contributed by atoms with Crippen molar-refractivity contribution in [3.8, 4) is 16.9 Å². The van der Waals surface area contributed by atoms with Crippen molar-refractivity contribution in [1.82, 2.24) is 4.90 Å². The van der Waals surface area contributed by atoms with Crippen LogP contribution in [0, 0.1) is 23.7 Å². The summed E-state index contributed by atoms with van der Waals surface area (Å²) in [7, 11) is 6.76. The molecule has 1 saturated carbocycles. The van der Waals surface area contributed by atoms with E-state index in [0.29, 0.717) is 22.4 Å². The number of anilines is 1. The van der Waals surface area contributed by atoms with E-state index in [1.807, 2.05) is 56.3 Å². The third-order valence-corrected chi connectivity index (χ3v) is 8.69. The molecule has 41 heavy (non-hydrogen) atoms. The second-order valence-electron chi connectivity index (χ2n) is 11.5. The molecule has 11 heteroatoms. The van der Waals surface area contributed by atoms with Gasteiger partial charge in [0.2, 0.25) is 11.3 Å². The summed E-state index contributed by atoms with van der Waals surface area (Å²) in [5.74, 6) is -6.82. The van der Waals surface area contributed by atoms with Gasteiger partial charge in [-0.25, -0.2) is 0 Å². The van der Waals surface area contributed by atoms with Gasteiger partial charge in [-0.1, -0.05) is 29.8 Å². The first-order valence-corrected chi connectivity index (χ1v) is 13.2. The number of phenols is 1. The number of hydrogen-bond acceptors (Lipinski definition) is 10. The average molecular weight is 561 g/mol. The summed E-state index contributed by atoms with van der Waals surface area (Å²) in [5, 5.41) is 37.4. The van der Waals surface area contributed by atoms with E-state index in [9.17, 15) is 34.6 Å². The lowest BCUT2D eigenvalue weighted by Gasteiger charge is -2.49. The topological polar surface area (TPSA) is 174 Å². The molecule has 5 N–H and O–H groups in total. The second-order valence-corrected chi connectivity index (χ2v) is 11.5. The van der Waals surface area contributed by atoms with Crippen LogP contribution in [0.4, 0.5) is 5.69 Å². The number of aliphatic hydroxyl groups is 2. The van der Waals surface area contributed by atoms with Crippen molar-refractivity contribution in [1.29, 1.82) is 0 Å². The molecule has 1 amide bonds. The SMILES string of the molecule is Cc1ccc(-c2cc(N(C)C)c3c(c2O)C(O)=C2C(=O)[C@]4(N=O)C(O)=C(C(N)=O)C(=O)[C@@H](N(C)C)[C@@H]4C[C@@H]2C3)cc1. The van der Waals surface area contributed by atoms with E-state index >= 15 is 0 Å². The van der Waals surface area contributed by atoms with E-state index in [2.05, 4.69) is 5.18 Å². The quantitative estimate of drug-likeness (QED) is 0.317. The molecule has 0 radical (unpaired) electrons. The fourth-order valence-corrected chi connectivity index (χ4v) is 6.80. The van der Waals surface area contributed by atoms with Crippen LogP contribution in [0.25, 0.3) is 16.9 Å². The van der Waals surface area contributed by atoms with Crippen molar-refractivity contribution in [3.63, 3.8) is 0 Å². The molecule has 0 unspecified atom stereocenters. The predicted octanol–water partition coefficient (Wildman–Crippen LogP) is 2.78. The lowest BCUT2D eigenvalue weighted by atomic mass is 9.56. The summed E-state index contributed by atoms with van der Waals surface area (Å²) in [6.07, 6.45) is 0.205.